The van der Waals surface area contributed by atoms with Gasteiger partial charge < -0.3 is 10.8 Å². The SMILES string of the molecule is Nc1cc(C[N+](=O)[O-])cc(C(=O)O)c1. The van der Waals surface area contributed by atoms with Crippen LogP contribution in [-0.2, 0) is 6.54 Å². The van der Waals surface area contributed by atoms with Gasteiger partial charge in [-0.3, -0.25) is 10.1 Å². The van der Waals surface area contributed by atoms with Gasteiger partial charge in [-0.1, -0.05) is 0 Å². The molecule has 0 unspecified atom stereocenters. The van der Waals surface area contributed by atoms with E-state index in [0.717, 1.165) is 0 Å². The number of aromatic carboxylic acids is 1. The lowest BCUT2D eigenvalue weighted by molar-refractivity contribution is -0.496. The molecule has 1 aromatic carbocycles. The highest BCUT2D eigenvalue weighted by Crippen LogP contribution is 2.12. The Balaban J connectivity index is 3.07. The van der Waals surface area contributed by atoms with E-state index < -0.39 is 17.4 Å². The number of carboxylic acid groups (broad SMARTS) is 1. The molecule has 0 aliphatic rings. The number of nitrogens with two attached hydrogens (primary N) is 1. The van der Waals surface area contributed by atoms with E-state index in [1.165, 1.54) is 18.2 Å². The van der Waals surface area contributed by atoms with E-state index in [9.17, 15) is 14.9 Å². The number of anilines is 1. The number of carbonyl (C=O) groups is 1. The van der Waals surface area contributed by atoms with Crippen molar-refractivity contribution < 1.29 is 14.8 Å². The summed E-state index contributed by atoms with van der Waals surface area (Å²) < 4.78 is 0. The number of hydrogen-bond acceptors (Lipinski definition) is 4. The zero-order valence-electron chi connectivity index (χ0n) is 7.14. The van der Waals surface area contributed by atoms with Crippen molar-refractivity contribution in [1.82, 2.24) is 0 Å². The first-order valence-corrected chi connectivity index (χ1v) is 3.73. The van der Waals surface area contributed by atoms with E-state index in [4.69, 9.17) is 10.8 Å². The van der Waals surface area contributed by atoms with Crippen LogP contribution >= 0.6 is 0 Å². The Morgan fingerprint density at radius 3 is 2.64 bits per heavy atom. The molecule has 0 aliphatic heterocycles. The number of nitrogens with zero attached hydrogens (tertiary/aromatic N) is 1. The van der Waals surface area contributed by atoms with Crippen molar-refractivity contribution >= 4 is 11.7 Å². The van der Waals surface area contributed by atoms with E-state index >= 15 is 0 Å². The first-order valence-electron chi connectivity index (χ1n) is 3.73. The first kappa shape index (κ1) is 9.97. The molecule has 1 rings (SSSR count). The molecule has 0 amide bonds. The second kappa shape index (κ2) is 3.73. The Morgan fingerprint density at radius 1 is 1.50 bits per heavy atom. The van der Waals surface area contributed by atoms with E-state index in [1.54, 1.807) is 0 Å². The van der Waals surface area contributed by atoms with Gasteiger partial charge in [0.25, 0.3) is 0 Å². The molecule has 0 fully saturated rings. The average Bonchev–Trinajstić information content (AvgIpc) is 2.01. The molecule has 1 aromatic rings. The monoisotopic (exact) mass is 196 g/mol. The maximum atomic E-state index is 10.6. The largest absolute Gasteiger partial charge is 0.478 e. The van der Waals surface area contributed by atoms with Gasteiger partial charge in [-0.2, -0.15) is 0 Å². The fraction of sp³-hybridized carbons (Fsp3) is 0.125. The molecule has 0 saturated heterocycles. The van der Waals surface area contributed by atoms with Gasteiger partial charge in [0.2, 0.25) is 6.54 Å². The molecule has 6 heteroatoms. The number of benzene rings is 1. The van der Waals surface area contributed by atoms with Crippen LogP contribution in [0.25, 0.3) is 0 Å². The number of carboxylic acids is 1. The van der Waals surface area contributed by atoms with Crippen molar-refractivity contribution in [3.63, 3.8) is 0 Å². The highest BCUT2D eigenvalue weighted by atomic mass is 16.6. The minimum absolute atomic E-state index is 0.0400. The van der Waals surface area contributed by atoms with Crippen LogP contribution in [0.4, 0.5) is 5.69 Å². The van der Waals surface area contributed by atoms with Crippen LogP contribution in [0.1, 0.15) is 15.9 Å². The van der Waals surface area contributed by atoms with Crippen molar-refractivity contribution in [1.29, 1.82) is 0 Å². The third-order valence-electron chi connectivity index (χ3n) is 1.57. The second-order valence-electron chi connectivity index (χ2n) is 2.76. The summed E-state index contributed by atoms with van der Waals surface area (Å²) in [7, 11) is 0. The Bertz CT molecular complexity index is 389. The van der Waals surface area contributed by atoms with Crippen LogP contribution < -0.4 is 5.73 Å². The molecule has 6 nitrogen and oxygen atoms in total. The number of hydrogen-bond donors (Lipinski definition) is 2. The lowest BCUT2D eigenvalue weighted by Gasteiger charge is -2.00. The summed E-state index contributed by atoms with van der Waals surface area (Å²) in [6, 6.07) is 3.88. The van der Waals surface area contributed by atoms with Gasteiger partial charge in [-0.15, -0.1) is 0 Å². The molecule has 0 spiro atoms. The summed E-state index contributed by atoms with van der Waals surface area (Å²) in [5.74, 6) is -1.15. The third kappa shape index (κ3) is 2.44. The normalized spacial score (nSPS) is 9.71. The van der Waals surface area contributed by atoms with Gasteiger partial charge in [-0.25, -0.2) is 4.79 Å². The molecule has 0 aromatic heterocycles. The predicted molar refractivity (Wildman–Crippen MR) is 48.5 cm³/mol. The van der Waals surface area contributed by atoms with Crippen molar-refractivity contribution in [3.05, 3.63) is 39.4 Å². The summed E-state index contributed by atoms with van der Waals surface area (Å²) >= 11 is 0. The van der Waals surface area contributed by atoms with Crippen molar-refractivity contribution in [3.8, 4) is 0 Å². The Labute approximate surface area is 79.1 Å². The molecule has 0 saturated carbocycles. The van der Waals surface area contributed by atoms with Crippen molar-refractivity contribution in [2.75, 3.05) is 5.73 Å². The minimum Gasteiger partial charge on any atom is -0.478 e. The quantitative estimate of drug-likeness (QED) is 0.421. The summed E-state index contributed by atoms with van der Waals surface area (Å²) in [6.07, 6.45) is 0. The maximum absolute atomic E-state index is 10.6. The van der Waals surface area contributed by atoms with E-state index in [2.05, 4.69) is 0 Å². The van der Waals surface area contributed by atoms with Crippen LogP contribution in [0.3, 0.4) is 0 Å². The molecular formula is C8H8N2O4. The van der Waals surface area contributed by atoms with Crippen LogP contribution in [0.15, 0.2) is 18.2 Å². The highest BCUT2D eigenvalue weighted by Gasteiger charge is 2.08. The lowest BCUT2D eigenvalue weighted by atomic mass is 10.1. The summed E-state index contributed by atoms with van der Waals surface area (Å²) in [5, 5.41) is 18.8. The minimum atomic E-state index is -1.15. The number of nitrogen functional groups attached to an aromatic ring is 1. The van der Waals surface area contributed by atoms with Crippen molar-refractivity contribution in [2.45, 2.75) is 6.54 Å². The van der Waals surface area contributed by atoms with E-state index in [-0.39, 0.29) is 16.8 Å². The molecule has 0 atom stereocenters. The van der Waals surface area contributed by atoms with Gasteiger partial charge in [0, 0.05) is 16.2 Å². The lowest BCUT2D eigenvalue weighted by Crippen LogP contribution is -2.03. The molecule has 14 heavy (non-hydrogen) atoms. The Morgan fingerprint density at radius 2 is 2.14 bits per heavy atom. The van der Waals surface area contributed by atoms with Crippen LogP contribution in [0.5, 0.6) is 0 Å². The fourth-order valence-corrected chi connectivity index (χ4v) is 1.08. The Kier molecular flexibility index (Phi) is 2.66. The van der Waals surface area contributed by atoms with Gasteiger partial charge in [-0.05, 0) is 18.2 Å². The van der Waals surface area contributed by atoms with Gasteiger partial charge in [0.05, 0.1) is 5.56 Å². The molecule has 0 bridgehead atoms. The Hall–Kier alpha value is -2.11. The molecule has 0 heterocycles. The zero-order chi connectivity index (χ0) is 10.7. The van der Waals surface area contributed by atoms with Gasteiger partial charge in [0.1, 0.15) is 0 Å². The van der Waals surface area contributed by atoms with E-state index in [1.807, 2.05) is 0 Å². The van der Waals surface area contributed by atoms with Crippen molar-refractivity contribution in [2.24, 2.45) is 0 Å². The van der Waals surface area contributed by atoms with Gasteiger partial charge in [0.15, 0.2) is 0 Å². The third-order valence-corrected chi connectivity index (χ3v) is 1.57. The fourth-order valence-electron chi connectivity index (χ4n) is 1.08. The van der Waals surface area contributed by atoms with Crippen LogP contribution in [0, 0.1) is 10.1 Å². The molecule has 0 radical (unpaired) electrons. The summed E-state index contributed by atoms with van der Waals surface area (Å²) in [6.45, 7) is -0.425. The second-order valence-corrected chi connectivity index (χ2v) is 2.76. The first-order chi connectivity index (χ1) is 6.49. The number of rotatable bonds is 3. The average molecular weight is 196 g/mol. The summed E-state index contributed by atoms with van der Waals surface area (Å²) in [5.41, 5.74) is 5.84. The predicted octanol–water partition coefficient (Wildman–Crippen LogP) is 0.744. The summed E-state index contributed by atoms with van der Waals surface area (Å²) in [4.78, 5) is 20.2. The smallest absolute Gasteiger partial charge is 0.335 e. The standard InChI is InChI=1S/C8H8N2O4/c9-7-2-5(4-10(13)14)1-6(3-7)8(11)12/h1-3H,4,9H2,(H,11,12). The zero-order valence-corrected chi connectivity index (χ0v) is 7.14. The van der Waals surface area contributed by atoms with Crippen LogP contribution in [0.2, 0.25) is 0 Å². The molecule has 0 aliphatic carbocycles. The molecule has 3 N–H and O–H groups in total. The van der Waals surface area contributed by atoms with E-state index in [0.29, 0.717) is 0 Å². The number of nitro groups is 1. The maximum Gasteiger partial charge on any atom is 0.335 e. The molecule has 74 valence electrons. The highest BCUT2D eigenvalue weighted by molar-refractivity contribution is 5.88. The topological polar surface area (TPSA) is 106 Å². The van der Waals surface area contributed by atoms with Crippen LogP contribution in [-0.4, -0.2) is 16.0 Å². The van der Waals surface area contributed by atoms with Gasteiger partial charge >= 0.3 is 5.97 Å². The molecular weight excluding hydrogens is 188 g/mol.